The average Bonchev–Trinajstić information content (AvgIpc) is 3.08. The molecule has 4 rings (SSSR count). The Morgan fingerprint density at radius 1 is 1.00 bits per heavy atom. The first-order valence-electron chi connectivity index (χ1n) is 8.16. The van der Waals surface area contributed by atoms with E-state index in [0.717, 1.165) is 27.6 Å². The van der Waals surface area contributed by atoms with Gasteiger partial charge in [0.15, 0.2) is 0 Å². The van der Waals surface area contributed by atoms with Gasteiger partial charge in [-0.3, -0.25) is 0 Å². The first kappa shape index (κ1) is 16.6. The molecule has 0 radical (unpaired) electrons. The van der Waals surface area contributed by atoms with Crippen molar-refractivity contribution in [3.8, 4) is 11.5 Å². The maximum Gasteiger partial charge on any atom is 0.336 e. The molecule has 0 fully saturated rings. The van der Waals surface area contributed by atoms with E-state index < -0.39 is 0 Å². The molecule has 2 aromatic heterocycles. The Morgan fingerprint density at radius 2 is 1.85 bits per heavy atom. The molecule has 2 aromatic carbocycles. The van der Waals surface area contributed by atoms with Gasteiger partial charge in [-0.15, -0.1) is 10.2 Å². The predicted octanol–water partition coefficient (Wildman–Crippen LogP) is 4.75. The molecule has 0 N–H and O–H groups in total. The third-order valence-electron chi connectivity index (χ3n) is 4.12. The minimum atomic E-state index is -0.357. The molecule has 0 saturated carbocycles. The molecule has 0 spiro atoms. The van der Waals surface area contributed by atoms with E-state index in [-0.39, 0.29) is 5.63 Å². The maximum absolute atomic E-state index is 11.8. The van der Waals surface area contributed by atoms with E-state index in [1.165, 1.54) is 17.8 Å². The zero-order valence-electron chi connectivity index (χ0n) is 14.4. The Morgan fingerprint density at radius 3 is 2.69 bits per heavy atom. The molecule has 0 saturated heterocycles. The van der Waals surface area contributed by atoms with Crippen molar-refractivity contribution in [3.05, 3.63) is 75.6 Å². The smallest absolute Gasteiger partial charge is 0.336 e. The molecule has 4 aromatic rings. The van der Waals surface area contributed by atoms with Crippen LogP contribution in [0.15, 0.2) is 67.4 Å². The highest BCUT2D eigenvalue weighted by Crippen LogP contribution is 2.29. The minimum absolute atomic E-state index is 0.357. The van der Waals surface area contributed by atoms with Crippen molar-refractivity contribution < 1.29 is 8.83 Å². The van der Waals surface area contributed by atoms with Gasteiger partial charge in [0.1, 0.15) is 5.58 Å². The van der Waals surface area contributed by atoms with Gasteiger partial charge in [0.05, 0.1) is 0 Å². The normalized spacial score (nSPS) is 11.2. The molecule has 0 aliphatic carbocycles. The molecule has 6 heteroatoms. The number of thioether (sulfide) groups is 1. The Kier molecular flexibility index (Phi) is 4.34. The summed E-state index contributed by atoms with van der Waals surface area (Å²) in [6.07, 6.45) is 0. The summed E-state index contributed by atoms with van der Waals surface area (Å²) in [7, 11) is 0. The van der Waals surface area contributed by atoms with Crippen molar-refractivity contribution in [2.45, 2.75) is 24.8 Å². The maximum atomic E-state index is 11.8. The van der Waals surface area contributed by atoms with Gasteiger partial charge >= 0.3 is 5.63 Å². The van der Waals surface area contributed by atoms with E-state index in [9.17, 15) is 4.79 Å². The number of aromatic nitrogens is 2. The van der Waals surface area contributed by atoms with Crippen molar-refractivity contribution >= 4 is 22.7 Å². The first-order chi connectivity index (χ1) is 12.6. The lowest BCUT2D eigenvalue weighted by Crippen LogP contribution is -2.00. The molecule has 2 heterocycles. The third kappa shape index (κ3) is 3.28. The van der Waals surface area contributed by atoms with Crippen LogP contribution in [-0.2, 0) is 5.75 Å². The molecule has 0 unspecified atom stereocenters. The summed E-state index contributed by atoms with van der Waals surface area (Å²) in [5.41, 5.74) is 4.18. The van der Waals surface area contributed by atoms with Crippen molar-refractivity contribution in [1.29, 1.82) is 0 Å². The predicted molar refractivity (Wildman–Crippen MR) is 101 cm³/mol. The molecule has 26 heavy (non-hydrogen) atoms. The van der Waals surface area contributed by atoms with Crippen molar-refractivity contribution in [2.24, 2.45) is 0 Å². The lowest BCUT2D eigenvalue weighted by Gasteiger charge is -2.04. The van der Waals surface area contributed by atoms with Crippen LogP contribution in [0.25, 0.3) is 22.4 Å². The summed E-state index contributed by atoms with van der Waals surface area (Å²) >= 11 is 1.40. The number of fused-ring (bicyclic) bond motifs is 1. The summed E-state index contributed by atoms with van der Waals surface area (Å²) < 4.78 is 11.1. The zero-order chi connectivity index (χ0) is 18.1. The molecular formula is C20H16N2O3S. The fourth-order valence-electron chi connectivity index (χ4n) is 2.79. The lowest BCUT2D eigenvalue weighted by molar-refractivity contribution is 0.465. The molecule has 130 valence electrons. The molecule has 0 aliphatic rings. The van der Waals surface area contributed by atoms with Crippen LogP contribution in [0.5, 0.6) is 0 Å². The topological polar surface area (TPSA) is 69.1 Å². The number of aryl methyl sites for hydroxylation is 2. The quantitative estimate of drug-likeness (QED) is 0.384. The fraction of sp³-hybridized carbons (Fsp3) is 0.150. The molecule has 0 atom stereocenters. The average molecular weight is 364 g/mol. The van der Waals surface area contributed by atoms with Gasteiger partial charge in [0.2, 0.25) is 5.89 Å². The van der Waals surface area contributed by atoms with Crippen molar-refractivity contribution in [2.75, 3.05) is 0 Å². The van der Waals surface area contributed by atoms with Gasteiger partial charge in [-0.25, -0.2) is 4.79 Å². The Balaban J connectivity index is 1.60. The standard InChI is InChI=1S/C20H16N2O3S/c1-12-7-8-16-14(10-18(23)24-17(16)9-12)11-26-20-22-21-19(25-20)15-6-4-3-5-13(15)2/h3-10H,11H2,1-2H3. The van der Waals surface area contributed by atoms with Crippen molar-refractivity contribution in [3.63, 3.8) is 0 Å². The van der Waals surface area contributed by atoms with Gasteiger partial charge in [0, 0.05) is 22.8 Å². The highest BCUT2D eigenvalue weighted by atomic mass is 32.2. The zero-order valence-corrected chi connectivity index (χ0v) is 15.2. The van der Waals surface area contributed by atoms with E-state index in [4.69, 9.17) is 8.83 Å². The first-order valence-corrected chi connectivity index (χ1v) is 9.14. The van der Waals surface area contributed by atoms with E-state index in [0.29, 0.717) is 22.4 Å². The second-order valence-electron chi connectivity index (χ2n) is 6.07. The Hall–Kier alpha value is -2.86. The van der Waals surface area contributed by atoms with Gasteiger partial charge in [-0.1, -0.05) is 42.1 Å². The van der Waals surface area contributed by atoms with Crippen LogP contribution in [0.1, 0.15) is 16.7 Å². The van der Waals surface area contributed by atoms with Gasteiger partial charge < -0.3 is 8.83 Å². The van der Waals surface area contributed by atoms with E-state index in [2.05, 4.69) is 10.2 Å². The Labute approximate surface area is 154 Å². The minimum Gasteiger partial charge on any atom is -0.423 e. The van der Waals surface area contributed by atoms with Gasteiger partial charge in [0.25, 0.3) is 5.22 Å². The molecule has 0 aliphatic heterocycles. The van der Waals surface area contributed by atoms with Gasteiger partial charge in [-0.2, -0.15) is 0 Å². The highest BCUT2D eigenvalue weighted by Gasteiger charge is 2.12. The van der Waals surface area contributed by atoms with Crippen molar-refractivity contribution in [1.82, 2.24) is 10.2 Å². The lowest BCUT2D eigenvalue weighted by atomic mass is 10.1. The summed E-state index contributed by atoms with van der Waals surface area (Å²) in [6.45, 7) is 3.97. The van der Waals surface area contributed by atoms with Crippen LogP contribution in [-0.4, -0.2) is 10.2 Å². The molecular weight excluding hydrogens is 348 g/mol. The molecule has 0 bridgehead atoms. The summed E-state index contributed by atoms with van der Waals surface area (Å²) in [5, 5.41) is 9.63. The van der Waals surface area contributed by atoms with Crippen LogP contribution in [0.3, 0.4) is 0 Å². The molecule has 5 nitrogen and oxygen atoms in total. The second-order valence-corrected chi connectivity index (χ2v) is 6.99. The monoisotopic (exact) mass is 364 g/mol. The second kappa shape index (κ2) is 6.80. The SMILES string of the molecule is Cc1ccc2c(CSc3nnc(-c4ccccc4C)o3)cc(=O)oc2c1. The number of hydrogen-bond donors (Lipinski definition) is 0. The van der Waals surface area contributed by atoms with Crippen LogP contribution in [0.4, 0.5) is 0 Å². The number of hydrogen-bond acceptors (Lipinski definition) is 6. The highest BCUT2D eigenvalue weighted by molar-refractivity contribution is 7.98. The Bertz CT molecular complexity index is 1150. The van der Waals surface area contributed by atoms with E-state index in [1.54, 1.807) is 0 Å². The van der Waals surface area contributed by atoms with Crippen LogP contribution >= 0.6 is 11.8 Å². The largest absolute Gasteiger partial charge is 0.423 e. The molecule has 0 amide bonds. The number of nitrogens with zero attached hydrogens (tertiary/aromatic N) is 2. The summed E-state index contributed by atoms with van der Waals surface area (Å²) in [6, 6.07) is 15.2. The van der Waals surface area contributed by atoms with Crippen LogP contribution in [0, 0.1) is 13.8 Å². The van der Waals surface area contributed by atoms with E-state index in [1.807, 2.05) is 56.3 Å². The van der Waals surface area contributed by atoms with E-state index >= 15 is 0 Å². The number of rotatable bonds is 4. The van der Waals surface area contributed by atoms with Crippen LogP contribution in [0.2, 0.25) is 0 Å². The summed E-state index contributed by atoms with van der Waals surface area (Å²) in [5.74, 6) is 1.04. The van der Waals surface area contributed by atoms with Crippen LogP contribution < -0.4 is 5.63 Å². The third-order valence-corrected chi connectivity index (χ3v) is 4.99. The van der Waals surface area contributed by atoms with Gasteiger partial charge in [-0.05, 0) is 42.7 Å². The fourth-order valence-corrected chi connectivity index (χ4v) is 3.54. The number of benzene rings is 2. The summed E-state index contributed by atoms with van der Waals surface area (Å²) in [4.78, 5) is 11.8.